The van der Waals surface area contributed by atoms with E-state index in [0.717, 1.165) is 8.49 Å². The molecule has 0 amide bonds. The molecular weight excluding hydrogens is 586 g/mol. The van der Waals surface area contributed by atoms with Crippen LogP contribution in [-0.2, 0) is 0 Å². The first-order valence-corrected chi connectivity index (χ1v) is 25.3. The van der Waals surface area contributed by atoms with Crippen molar-refractivity contribution < 1.29 is 0 Å². The minimum Gasteiger partial charge on any atom is -0.0709 e. The van der Waals surface area contributed by atoms with E-state index in [1.54, 1.807) is 64.2 Å². The fourth-order valence-electron chi connectivity index (χ4n) is 9.09. The topological polar surface area (TPSA) is 0 Å². The minimum atomic E-state index is -0.0502. The summed E-state index contributed by atoms with van der Waals surface area (Å²) in [5.74, 6) is 7.40. The molecule has 0 aromatic carbocycles. The molecule has 0 aromatic heterocycles. The Morgan fingerprint density at radius 2 is 0.750 bits per heavy atom. The van der Waals surface area contributed by atoms with E-state index in [9.17, 15) is 0 Å². The molecule has 2 heterocycles. The Bertz CT molecular complexity index is 699. The zero-order valence-electron chi connectivity index (χ0n) is 25.7. The van der Waals surface area contributed by atoms with E-state index in [1.165, 1.54) is 45.0 Å². The molecule has 0 nitrogen and oxygen atoms in total. The van der Waals surface area contributed by atoms with E-state index in [1.807, 2.05) is 0 Å². The predicted octanol–water partition coefficient (Wildman–Crippen LogP) is 10.1. The van der Waals surface area contributed by atoms with E-state index in [2.05, 4.69) is 67.7 Å². The summed E-state index contributed by atoms with van der Waals surface area (Å²) in [5.41, 5.74) is 0. The average molecular weight is 644 g/mol. The van der Waals surface area contributed by atoms with Crippen LogP contribution in [0.5, 0.6) is 0 Å². The standard InChI is InChI=1S/2C10H14Ge.2C6H15Si/c2*1-6-2-8-3-7(1)5-10(4-6)9(8)11-10;2*1-6(2,3)7(4)5/h2*6-9H,1-5H2;2*1-5H3/t2*6-,7+,8?,9?,10?;;. The second kappa shape index (κ2) is 10.1. The largest absolute Gasteiger partial charge is 0.0709 e. The molecule has 10 aliphatic rings. The third-order valence-corrected chi connectivity index (χ3v) is 28.1. The van der Waals surface area contributed by atoms with Gasteiger partial charge in [0.05, 0.1) is 0 Å². The van der Waals surface area contributed by atoms with Crippen molar-refractivity contribution in [3.63, 3.8) is 0 Å². The van der Waals surface area contributed by atoms with E-state index in [4.69, 9.17) is 0 Å². The Balaban J connectivity index is 0.000000102. The molecular formula is C32H58Ge2Si2. The van der Waals surface area contributed by atoms with Crippen molar-refractivity contribution in [2.24, 2.45) is 35.5 Å². The summed E-state index contributed by atoms with van der Waals surface area (Å²) < 4.78 is 4.90. The minimum absolute atomic E-state index is 0.0502. The third-order valence-electron chi connectivity index (χ3n) is 12.3. The first-order chi connectivity index (χ1) is 16.6. The van der Waals surface area contributed by atoms with Crippen LogP contribution in [0.4, 0.5) is 0 Å². The molecule has 2 saturated heterocycles. The maximum atomic E-state index is 2.35. The molecule has 2 aliphatic heterocycles. The van der Waals surface area contributed by atoms with E-state index < -0.39 is 0 Å². The van der Waals surface area contributed by atoms with Gasteiger partial charge in [0.15, 0.2) is 0 Å². The van der Waals surface area contributed by atoms with Gasteiger partial charge in [0, 0.05) is 17.6 Å². The van der Waals surface area contributed by atoms with Crippen molar-refractivity contribution in [3.05, 3.63) is 0 Å². The van der Waals surface area contributed by atoms with Gasteiger partial charge in [-0.25, -0.2) is 0 Å². The van der Waals surface area contributed by atoms with Crippen molar-refractivity contribution in [3.8, 4) is 0 Å². The summed E-state index contributed by atoms with van der Waals surface area (Å²) in [6.45, 7) is 23.2. The van der Waals surface area contributed by atoms with E-state index in [-0.39, 0.29) is 17.6 Å². The molecule has 8 bridgehead atoms. The quantitative estimate of drug-likeness (QED) is 0.231. The van der Waals surface area contributed by atoms with Gasteiger partial charge in [0.1, 0.15) is 0 Å². The van der Waals surface area contributed by atoms with Gasteiger partial charge in [-0.3, -0.25) is 0 Å². The van der Waals surface area contributed by atoms with E-state index >= 15 is 0 Å². The third kappa shape index (κ3) is 6.07. The Hall–Kier alpha value is 1.52. The zero-order valence-corrected chi connectivity index (χ0v) is 31.9. The average Bonchev–Trinajstić information content (AvgIpc) is 3.62. The van der Waals surface area contributed by atoms with Crippen LogP contribution in [0.1, 0.15) is 106 Å². The maximum Gasteiger partial charge on any atom is 0.0470 e. The van der Waals surface area contributed by atoms with Gasteiger partial charge in [-0.15, -0.1) is 0 Å². The van der Waals surface area contributed by atoms with Crippen LogP contribution in [0, 0.1) is 35.5 Å². The van der Waals surface area contributed by atoms with Crippen LogP contribution in [0.25, 0.3) is 0 Å². The molecule has 8 saturated carbocycles. The van der Waals surface area contributed by atoms with Gasteiger partial charge in [0.2, 0.25) is 0 Å². The van der Waals surface area contributed by atoms with Crippen molar-refractivity contribution in [2.75, 3.05) is 0 Å². The Kier molecular flexibility index (Phi) is 8.15. The van der Waals surface area contributed by atoms with Crippen LogP contribution in [0.15, 0.2) is 0 Å². The smallest absolute Gasteiger partial charge is 0.0470 e. The first-order valence-electron chi connectivity index (χ1n) is 15.8. The molecule has 10 atom stereocenters. The molecule has 6 unspecified atom stereocenters. The number of hydrogen-bond donors (Lipinski definition) is 0. The first kappa shape index (κ1) is 29.0. The maximum absolute atomic E-state index is 2.35. The summed E-state index contributed by atoms with van der Waals surface area (Å²) in [6.07, 6.45) is 16.7. The van der Waals surface area contributed by atoms with Crippen LogP contribution in [0.3, 0.4) is 0 Å². The van der Waals surface area contributed by atoms with Crippen molar-refractivity contribution in [1.82, 2.24) is 0 Å². The Morgan fingerprint density at radius 3 is 0.944 bits per heavy atom. The molecule has 10 fully saturated rings. The van der Waals surface area contributed by atoms with Gasteiger partial charge >= 0.3 is 149 Å². The molecule has 8 aliphatic carbocycles. The molecule has 6 radical (unpaired) electrons. The SMILES string of the molecule is C1C2C[C@H]3C[C@@H]1C[C]1(C3)[Ge][CH]21.C1C2C[C@H]3C[C@@H]1C[C]1(C3)[Ge][CH]21.C[Si](C)C(C)(C)C.C[Si](C)C(C)(C)C. The second-order valence-electron chi connectivity index (χ2n) is 17.3. The summed E-state index contributed by atoms with van der Waals surface area (Å²) in [7, 11) is -0.100. The van der Waals surface area contributed by atoms with Crippen molar-refractivity contribution in [2.45, 2.75) is 160 Å². The van der Waals surface area contributed by atoms with Gasteiger partial charge in [-0.1, -0.05) is 67.7 Å². The summed E-state index contributed by atoms with van der Waals surface area (Å²) in [4.78, 5) is 0. The van der Waals surface area contributed by atoms with Crippen LogP contribution in [-0.4, -0.2) is 48.5 Å². The number of rotatable bonds is 0. The van der Waals surface area contributed by atoms with Crippen LogP contribution in [0.2, 0.25) is 54.3 Å². The monoisotopic (exact) mass is 646 g/mol. The second-order valence-corrected chi connectivity index (χ2v) is 32.3. The van der Waals surface area contributed by atoms with Gasteiger partial charge in [0.25, 0.3) is 0 Å². The fraction of sp³-hybridized carbons (Fsp3) is 1.00. The molecule has 0 aromatic rings. The zero-order chi connectivity index (χ0) is 26.3. The predicted molar refractivity (Wildman–Crippen MR) is 166 cm³/mol. The summed E-state index contributed by atoms with van der Waals surface area (Å²) in [5, 5.41) is 1.20. The van der Waals surface area contributed by atoms with Crippen molar-refractivity contribution >= 4 is 48.5 Å². The Labute approximate surface area is 242 Å². The molecule has 0 N–H and O–H groups in total. The van der Waals surface area contributed by atoms with Gasteiger partial charge in [-0.2, -0.15) is 0 Å². The Morgan fingerprint density at radius 1 is 0.500 bits per heavy atom. The number of hydrogen-bond acceptors (Lipinski definition) is 0. The molecule has 10 rings (SSSR count). The summed E-state index contributed by atoms with van der Waals surface area (Å²) in [6, 6.07) is 0. The molecule has 202 valence electrons. The van der Waals surface area contributed by atoms with Crippen LogP contribution >= 0.6 is 0 Å². The van der Waals surface area contributed by atoms with E-state index in [0.29, 0.717) is 40.9 Å². The van der Waals surface area contributed by atoms with Crippen molar-refractivity contribution in [1.29, 1.82) is 0 Å². The van der Waals surface area contributed by atoms with Gasteiger partial charge < -0.3 is 0 Å². The molecule has 36 heavy (non-hydrogen) atoms. The van der Waals surface area contributed by atoms with Gasteiger partial charge in [-0.05, 0) is 10.1 Å². The fourth-order valence-corrected chi connectivity index (χ4v) is 18.9. The van der Waals surface area contributed by atoms with Crippen LogP contribution < -0.4 is 0 Å². The normalized spacial score (nSPS) is 47.7. The summed E-state index contributed by atoms with van der Waals surface area (Å²) >= 11 is 1.16. The molecule has 2 spiro atoms. The molecule has 4 heteroatoms.